The lowest BCUT2D eigenvalue weighted by Gasteiger charge is -2.15. The molecule has 21 heavy (non-hydrogen) atoms. The quantitative estimate of drug-likeness (QED) is 0.776. The fourth-order valence-electron chi connectivity index (χ4n) is 2.23. The SMILES string of the molecule is NC(=S)CCn1cccc(OCC(=O)N2CCCC2)c1=O. The smallest absolute Gasteiger partial charge is 0.292 e. The van der Waals surface area contributed by atoms with E-state index in [1.54, 1.807) is 23.2 Å². The normalized spacial score (nSPS) is 14.2. The van der Waals surface area contributed by atoms with Crippen molar-refractivity contribution in [1.29, 1.82) is 0 Å². The van der Waals surface area contributed by atoms with E-state index in [1.165, 1.54) is 4.57 Å². The molecule has 0 aliphatic carbocycles. The van der Waals surface area contributed by atoms with Gasteiger partial charge in [-0.1, -0.05) is 12.2 Å². The minimum Gasteiger partial charge on any atom is -0.478 e. The molecule has 2 rings (SSSR count). The predicted molar refractivity (Wildman–Crippen MR) is 83.4 cm³/mol. The van der Waals surface area contributed by atoms with Crippen LogP contribution in [0, 0.1) is 0 Å². The molecule has 2 N–H and O–H groups in total. The van der Waals surface area contributed by atoms with Crippen molar-refractivity contribution in [2.24, 2.45) is 5.73 Å². The van der Waals surface area contributed by atoms with Crippen LogP contribution in [0.1, 0.15) is 19.3 Å². The minimum atomic E-state index is -0.275. The van der Waals surface area contributed by atoms with Gasteiger partial charge in [0.2, 0.25) is 0 Å². The molecule has 114 valence electrons. The van der Waals surface area contributed by atoms with Gasteiger partial charge in [0.1, 0.15) is 0 Å². The van der Waals surface area contributed by atoms with Crippen LogP contribution in [0.4, 0.5) is 0 Å². The van der Waals surface area contributed by atoms with E-state index in [9.17, 15) is 9.59 Å². The minimum absolute atomic E-state index is 0.0783. The first kappa shape index (κ1) is 15.5. The van der Waals surface area contributed by atoms with Crippen LogP contribution in [0.3, 0.4) is 0 Å². The lowest BCUT2D eigenvalue weighted by atomic mass is 10.4. The van der Waals surface area contributed by atoms with Gasteiger partial charge in [0.05, 0.1) is 4.99 Å². The fraction of sp³-hybridized carbons (Fsp3) is 0.500. The number of carbonyl (C=O) groups is 1. The number of carbonyl (C=O) groups excluding carboxylic acids is 1. The molecule has 7 heteroatoms. The molecule has 1 aliphatic rings. The highest BCUT2D eigenvalue weighted by molar-refractivity contribution is 7.80. The predicted octanol–water partition coefficient (Wildman–Crippen LogP) is 0.526. The lowest BCUT2D eigenvalue weighted by molar-refractivity contribution is -0.132. The summed E-state index contributed by atoms with van der Waals surface area (Å²) in [5.74, 6) is 0.0958. The van der Waals surface area contributed by atoms with E-state index in [4.69, 9.17) is 22.7 Å². The van der Waals surface area contributed by atoms with E-state index < -0.39 is 0 Å². The Bertz CT molecular complexity index is 579. The van der Waals surface area contributed by atoms with Gasteiger partial charge in [-0.2, -0.15) is 0 Å². The Kier molecular flexibility index (Phi) is 5.32. The summed E-state index contributed by atoms with van der Waals surface area (Å²) in [5, 5.41) is 0. The Hall–Kier alpha value is -1.89. The second-order valence-corrected chi connectivity index (χ2v) is 5.49. The van der Waals surface area contributed by atoms with E-state index in [0.717, 1.165) is 25.9 Å². The highest BCUT2D eigenvalue weighted by atomic mass is 32.1. The molecule has 1 saturated heterocycles. The molecule has 0 bridgehead atoms. The molecule has 1 aliphatic heterocycles. The number of hydrogen-bond donors (Lipinski definition) is 1. The summed E-state index contributed by atoms with van der Waals surface area (Å²) in [6.07, 6.45) is 4.16. The van der Waals surface area contributed by atoms with Crippen molar-refractivity contribution in [3.05, 3.63) is 28.7 Å². The molecule has 0 radical (unpaired) electrons. The number of nitrogens with two attached hydrogens (primary N) is 1. The first-order valence-corrected chi connectivity index (χ1v) is 7.37. The number of pyridine rings is 1. The molecule has 0 unspecified atom stereocenters. The Labute approximate surface area is 128 Å². The molecule has 0 spiro atoms. The molecule has 0 atom stereocenters. The van der Waals surface area contributed by atoms with Crippen molar-refractivity contribution in [1.82, 2.24) is 9.47 Å². The molecule has 0 saturated carbocycles. The third kappa shape index (κ3) is 4.29. The third-order valence-electron chi connectivity index (χ3n) is 3.39. The standard InChI is InChI=1S/C14H19N3O3S/c15-12(21)5-9-17-8-3-4-11(14(17)19)20-10-13(18)16-6-1-2-7-16/h3-4,8H,1-2,5-7,9-10H2,(H2,15,21). The number of aryl methyl sites for hydroxylation is 1. The number of amides is 1. The first-order valence-electron chi connectivity index (χ1n) is 6.96. The number of nitrogens with zero attached hydrogens (tertiary/aromatic N) is 2. The van der Waals surface area contributed by atoms with Gasteiger partial charge in [0.25, 0.3) is 11.5 Å². The van der Waals surface area contributed by atoms with E-state index in [0.29, 0.717) is 18.0 Å². The lowest BCUT2D eigenvalue weighted by Crippen LogP contribution is -2.33. The number of aromatic nitrogens is 1. The Morgan fingerprint density at radius 3 is 2.76 bits per heavy atom. The van der Waals surface area contributed by atoms with E-state index in [-0.39, 0.29) is 23.8 Å². The number of likely N-dealkylation sites (tertiary alicyclic amines) is 1. The Balaban J connectivity index is 1.96. The van der Waals surface area contributed by atoms with Gasteiger partial charge in [0.15, 0.2) is 12.4 Å². The van der Waals surface area contributed by atoms with Gasteiger partial charge in [-0.25, -0.2) is 0 Å². The second kappa shape index (κ2) is 7.21. The van der Waals surface area contributed by atoms with E-state index in [1.807, 2.05) is 0 Å². The molecule has 6 nitrogen and oxygen atoms in total. The summed E-state index contributed by atoms with van der Waals surface area (Å²) >= 11 is 4.80. The third-order valence-corrected chi connectivity index (χ3v) is 3.60. The van der Waals surface area contributed by atoms with Crippen LogP contribution in [0.2, 0.25) is 0 Å². The van der Waals surface area contributed by atoms with E-state index >= 15 is 0 Å². The van der Waals surface area contributed by atoms with E-state index in [2.05, 4.69) is 0 Å². The maximum Gasteiger partial charge on any atom is 0.292 e. The summed E-state index contributed by atoms with van der Waals surface area (Å²) < 4.78 is 6.85. The summed E-state index contributed by atoms with van der Waals surface area (Å²) in [6, 6.07) is 3.27. The topological polar surface area (TPSA) is 77.6 Å². The zero-order valence-electron chi connectivity index (χ0n) is 11.8. The zero-order valence-corrected chi connectivity index (χ0v) is 12.6. The first-order chi connectivity index (χ1) is 10.1. The molecule has 1 aromatic rings. The number of hydrogen-bond acceptors (Lipinski definition) is 4. The van der Waals surface area contributed by atoms with Gasteiger partial charge in [0, 0.05) is 32.3 Å². The van der Waals surface area contributed by atoms with Crippen LogP contribution < -0.4 is 16.0 Å². The van der Waals surface area contributed by atoms with Gasteiger partial charge in [-0.15, -0.1) is 0 Å². The van der Waals surface area contributed by atoms with Crippen LogP contribution in [-0.2, 0) is 11.3 Å². The molecule has 1 fully saturated rings. The average molecular weight is 309 g/mol. The summed E-state index contributed by atoms with van der Waals surface area (Å²) in [6.45, 7) is 1.85. The van der Waals surface area contributed by atoms with Crippen molar-refractivity contribution in [2.75, 3.05) is 19.7 Å². The maximum atomic E-state index is 12.1. The molecule has 1 amide bonds. The summed E-state index contributed by atoms with van der Waals surface area (Å²) in [5.41, 5.74) is 5.16. The van der Waals surface area contributed by atoms with Crippen LogP contribution >= 0.6 is 12.2 Å². The highest BCUT2D eigenvalue weighted by Crippen LogP contribution is 2.08. The number of rotatable bonds is 6. The molecule has 0 aromatic carbocycles. The fourth-order valence-corrected chi connectivity index (χ4v) is 2.32. The molecule has 1 aromatic heterocycles. The van der Waals surface area contributed by atoms with Gasteiger partial charge in [-0.3, -0.25) is 9.59 Å². The van der Waals surface area contributed by atoms with Crippen molar-refractivity contribution >= 4 is 23.1 Å². The zero-order chi connectivity index (χ0) is 15.2. The Morgan fingerprint density at radius 1 is 1.38 bits per heavy atom. The van der Waals surface area contributed by atoms with Crippen molar-refractivity contribution in [3.8, 4) is 5.75 Å². The van der Waals surface area contributed by atoms with Crippen molar-refractivity contribution in [3.63, 3.8) is 0 Å². The second-order valence-electron chi connectivity index (χ2n) is 4.96. The van der Waals surface area contributed by atoms with Crippen molar-refractivity contribution < 1.29 is 9.53 Å². The molecular weight excluding hydrogens is 290 g/mol. The van der Waals surface area contributed by atoms with Gasteiger partial charge >= 0.3 is 0 Å². The molecular formula is C14H19N3O3S. The van der Waals surface area contributed by atoms with Crippen molar-refractivity contribution in [2.45, 2.75) is 25.8 Å². The average Bonchev–Trinajstić information content (AvgIpc) is 2.98. The number of ether oxygens (including phenoxy) is 1. The van der Waals surface area contributed by atoms with Crippen LogP contribution in [0.25, 0.3) is 0 Å². The maximum absolute atomic E-state index is 12.1. The summed E-state index contributed by atoms with van der Waals surface area (Å²) in [4.78, 5) is 26.1. The monoisotopic (exact) mass is 309 g/mol. The van der Waals surface area contributed by atoms with Crippen LogP contribution in [0.15, 0.2) is 23.1 Å². The summed E-state index contributed by atoms with van der Waals surface area (Å²) in [7, 11) is 0. The van der Waals surface area contributed by atoms with Gasteiger partial charge in [-0.05, 0) is 25.0 Å². The van der Waals surface area contributed by atoms with Crippen LogP contribution in [-0.4, -0.2) is 40.1 Å². The van der Waals surface area contributed by atoms with Crippen LogP contribution in [0.5, 0.6) is 5.75 Å². The Morgan fingerprint density at radius 2 is 2.10 bits per heavy atom. The van der Waals surface area contributed by atoms with Gasteiger partial charge < -0.3 is 19.9 Å². The molecule has 2 heterocycles. The number of thiocarbonyl (C=S) groups is 1. The largest absolute Gasteiger partial charge is 0.478 e. The highest BCUT2D eigenvalue weighted by Gasteiger charge is 2.18.